The van der Waals surface area contributed by atoms with Gasteiger partial charge in [0.1, 0.15) is 6.54 Å². The molecule has 6 heteroatoms. The van der Waals surface area contributed by atoms with Crippen molar-refractivity contribution in [1.82, 2.24) is 5.01 Å². The molecule has 0 radical (unpaired) electrons. The lowest BCUT2D eigenvalue weighted by Crippen LogP contribution is -2.36. The second-order valence-corrected chi connectivity index (χ2v) is 4.97. The Hall–Kier alpha value is -1.04. The first-order valence-electron chi connectivity index (χ1n) is 6.25. The molecule has 0 aromatic heterocycles. The number of carboxylic acids is 1. The smallest absolute Gasteiger partial charge is 0.325 e. The lowest BCUT2D eigenvalue weighted by molar-refractivity contribution is -0.145. The van der Waals surface area contributed by atoms with E-state index in [-0.39, 0.29) is 18.4 Å². The van der Waals surface area contributed by atoms with Gasteiger partial charge in [0.15, 0.2) is 0 Å². The van der Waals surface area contributed by atoms with Gasteiger partial charge in [-0.25, -0.2) is 5.01 Å². The zero-order valence-electron chi connectivity index (χ0n) is 10.6. The van der Waals surface area contributed by atoms with Crippen LogP contribution in [0.4, 0.5) is 0 Å². The van der Waals surface area contributed by atoms with Crippen molar-refractivity contribution in [3.63, 3.8) is 0 Å². The van der Waals surface area contributed by atoms with E-state index in [1.165, 1.54) is 6.42 Å². The van der Waals surface area contributed by atoms with Crippen molar-refractivity contribution in [3.8, 4) is 0 Å². The molecular formula is C12H20N2O3S. The molecule has 5 nitrogen and oxygen atoms in total. The molecule has 1 saturated carbocycles. The fourth-order valence-electron chi connectivity index (χ4n) is 1.85. The maximum Gasteiger partial charge on any atom is 0.325 e. The number of carbonyl (C=O) groups excluding carboxylic acids is 1. The molecule has 0 aromatic rings. The normalized spacial score (nSPS) is 17.1. The van der Waals surface area contributed by atoms with Crippen LogP contribution in [-0.4, -0.2) is 40.0 Å². The van der Waals surface area contributed by atoms with Gasteiger partial charge in [0.2, 0.25) is 5.91 Å². The first-order chi connectivity index (χ1) is 8.54. The van der Waals surface area contributed by atoms with Crippen LogP contribution in [0.5, 0.6) is 0 Å². The van der Waals surface area contributed by atoms with Gasteiger partial charge in [0, 0.05) is 17.4 Å². The number of rotatable bonds is 5. The number of nitrogens with zero attached hydrogens (tertiary/aromatic N) is 2. The summed E-state index contributed by atoms with van der Waals surface area (Å²) in [5.41, 5.74) is 0.933. The first-order valence-corrected chi connectivity index (χ1v) is 6.88. The zero-order valence-corrected chi connectivity index (χ0v) is 11.5. The second-order valence-electron chi connectivity index (χ2n) is 4.60. The number of hydrogen-bond donors (Lipinski definition) is 2. The van der Waals surface area contributed by atoms with Gasteiger partial charge >= 0.3 is 5.97 Å². The predicted octanol–water partition coefficient (Wildman–Crippen LogP) is 1.79. The van der Waals surface area contributed by atoms with E-state index in [1.54, 1.807) is 6.92 Å². The van der Waals surface area contributed by atoms with Crippen LogP contribution in [0.2, 0.25) is 0 Å². The summed E-state index contributed by atoms with van der Waals surface area (Å²) in [5.74, 6) is -1.25. The van der Waals surface area contributed by atoms with Crippen LogP contribution in [-0.2, 0) is 9.59 Å². The molecular weight excluding hydrogens is 252 g/mol. The largest absolute Gasteiger partial charge is 0.480 e. The molecule has 0 bridgehead atoms. The molecule has 1 N–H and O–H groups in total. The third-order valence-corrected chi connectivity index (χ3v) is 3.48. The Morgan fingerprint density at radius 1 is 1.39 bits per heavy atom. The van der Waals surface area contributed by atoms with Crippen molar-refractivity contribution in [2.24, 2.45) is 11.0 Å². The quantitative estimate of drug-likeness (QED) is 0.592. The van der Waals surface area contributed by atoms with Crippen molar-refractivity contribution in [3.05, 3.63) is 0 Å². The summed E-state index contributed by atoms with van der Waals surface area (Å²) in [4.78, 5) is 22.8. The predicted molar refractivity (Wildman–Crippen MR) is 72.9 cm³/mol. The Morgan fingerprint density at radius 2 is 2.00 bits per heavy atom. The summed E-state index contributed by atoms with van der Waals surface area (Å²) in [6, 6.07) is 0. The van der Waals surface area contributed by atoms with Crippen LogP contribution in [0.25, 0.3) is 0 Å². The van der Waals surface area contributed by atoms with E-state index in [1.807, 2.05) is 0 Å². The molecule has 0 aromatic carbocycles. The Kier molecular flexibility index (Phi) is 6.18. The van der Waals surface area contributed by atoms with Gasteiger partial charge in [0.05, 0.1) is 0 Å². The molecule has 102 valence electrons. The van der Waals surface area contributed by atoms with E-state index < -0.39 is 5.97 Å². The minimum Gasteiger partial charge on any atom is -0.480 e. The molecule has 1 rings (SSSR count). The average molecular weight is 272 g/mol. The highest BCUT2D eigenvalue weighted by molar-refractivity contribution is 7.80. The minimum absolute atomic E-state index is 0.273. The van der Waals surface area contributed by atoms with Gasteiger partial charge in [-0.05, 0) is 25.7 Å². The molecule has 1 atom stereocenters. The summed E-state index contributed by atoms with van der Waals surface area (Å²) in [7, 11) is 0. The number of amides is 1. The second kappa shape index (κ2) is 7.41. The molecule has 1 fully saturated rings. The molecule has 0 aliphatic heterocycles. The maximum atomic E-state index is 12.0. The van der Waals surface area contributed by atoms with Crippen LogP contribution < -0.4 is 0 Å². The Labute approximate surface area is 113 Å². The Balaban J connectivity index is 2.76. The van der Waals surface area contributed by atoms with E-state index in [4.69, 9.17) is 5.11 Å². The van der Waals surface area contributed by atoms with Crippen molar-refractivity contribution >= 4 is 30.2 Å². The fraction of sp³-hybridized carbons (Fsp3) is 0.750. The summed E-state index contributed by atoms with van der Waals surface area (Å²) in [6.07, 6.45) is 5.03. The Morgan fingerprint density at radius 3 is 2.50 bits per heavy atom. The standard InChI is InChI=1S/C12H20N2O3S/c1-9(8-18)12(17)14(7-11(15)16)13-10-5-3-2-4-6-10/h9,18H,2-8H2,1H3,(H,15,16). The maximum absolute atomic E-state index is 12.0. The van der Waals surface area contributed by atoms with E-state index in [0.717, 1.165) is 36.4 Å². The van der Waals surface area contributed by atoms with Gasteiger partial charge in [-0.15, -0.1) is 0 Å². The molecule has 1 aliphatic rings. The van der Waals surface area contributed by atoms with Gasteiger partial charge in [-0.2, -0.15) is 17.7 Å². The number of hydrazone groups is 1. The fourth-order valence-corrected chi connectivity index (χ4v) is 2.01. The highest BCUT2D eigenvalue weighted by Crippen LogP contribution is 2.16. The average Bonchev–Trinajstić information content (AvgIpc) is 2.37. The lowest BCUT2D eigenvalue weighted by atomic mass is 9.99. The molecule has 0 heterocycles. The molecule has 1 aliphatic carbocycles. The van der Waals surface area contributed by atoms with Crippen LogP contribution in [0, 0.1) is 5.92 Å². The summed E-state index contributed by atoms with van der Waals surface area (Å²) in [6.45, 7) is 1.35. The molecule has 1 amide bonds. The third-order valence-electron chi connectivity index (χ3n) is 2.93. The lowest BCUT2D eigenvalue weighted by Gasteiger charge is -2.21. The van der Waals surface area contributed by atoms with Crippen LogP contribution in [0.1, 0.15) is 39.0 Å². The summed E-state index contributed by atoms with van der Waals surface area (Å²) in [5, 5.41) is 14.2. The van der Waals surface area contributed by atoms with Crippen molar-refractivity contribution < 1.29 is 14.7 Å². The van der Waals surface area contributed by atoms with E-state index in [0.29, 0.717) is 5.75 Å². The van der Waals surface area contributed by atoms with Crippen molar-refractivity contribution in [1.29, 1.82) is 0 Å². The van der Waals surface area contributed by atoms with E-state index in [9.17, 15) is 9.59 Å². The van der Waals surface area contributed by atoms with Gasteiger partial charge < -0.3 is 5.11 Å². The highest BCUT2D eigenvalue weighted by atomic mass is 32.1. The third kappa shape index (κ3) is 4.68. The van der Waals surface area contributed by atoms with Crippen LogP contribution in [0.15, 0.2) is 5.10 Å². The summed E-state index contributed by atoms with van der Waals surface area (Å²) >= 11 is 4.06. The number of carboxylic acid groups (broad SMARTS) is 1. The summed E-state index contributed by atoms with van der Waals surface area (Å²) < 4.78 is 0. The van der Waals surface area contributed by atoms with E-state index >= 15 is 0 Å². The molecule has 0 spiro atoms. The Bertz CT molecular complexity index is 336. The molecule has 0 saturated heterocycles. The van der Waals surface area contributed by atoms with Gasteiger partial charge in [-0.3, -0.25) is 9.59 Å². The topological polar surface area (TPSA) is 70.0 Å². The highest BCUT2D eigenvalue weighted by Gasteiger charge is 2.22. The van der Waals surface area contributed by atoms with E-state index in [2.05, 4.69) is 17.7 Å². The molecule has 1 unspecified atom stereocenters. The first kappa shape index (κ1) is 15.0. The SMILES string of the molecule is CC(CS)C(=O)N(CC(=O)O)N=C1CCCCC1. The van der Waals surface area contributed by atoms with Crippen molar-refractivity contribution in [2.45, 2.75) is 39.0 Å². The zero-order chi connectivity index (χ0) is 13.5. The number of hydrogen-bond acceptors (Lipinski definition) is 4. The van der Waals surface area contributed by atoms with Crippen molar-refractivity contribution in [2.75, 3.05) is 12.3 Å². The van der Waals surface area contributed by atoms with Crippen LogP contribution >= 0.6 is 12.6 Å². The van der Waals surface area contributed by atoms with Gasteiger partial charge in [-0.1, -0.05) is 13.3 Å². The number of carbonyl (C=O) groups is 2. The van der Waals surface area contributed by atoms with Crippen LogP contribution in [0.3, 0.4) is 0 Å². The molecule has 18 heavy (non-hydrogen) atoms. The monoisotopic (exact) mass is 272 g/mol. The number of aliphatic carboxylic acids is 1. The van der Waals surface area contributed by atoms with Gasteiger partial charge in [0.25, 0.3) is 0 Å². The number of thiol groups is 1. The minimum atomic E-state index is -1.05.